The van der Waals surface area contributed by atoms with Gasteiger partial charge >= 0.3 is 0 Å². The Hall–Kier alpha value is -2.72. The Labute approximate surface area is 162 Å². The van der Waals surface area contributed by atoms with E-state index in [0.29, 0.717) is 6.04 Å². The molecule has 2 unspecified atom stereocenters. The fourth-order valence-electron chi connectivity index (χ4n) is 3.25. The van der Waals surface area contributed by atoms with Crippen LogP contribution in [0.2, 0.25) is 0 Å². The molecule has 1 N–H and O–H groups in total. The average Bonchev–Trinajstić information content (AvgIpc) is 2.69. The van der Waals surface area contributed by atoms with Gasteiger partial charge in [-0.1, -0.05) is 36.4 Å². The van der Waals surface area contributed by atoms with Crippen LogP contribution < -0.4 is 10.2 Å². The lowest BCUT2D eigenvalue weighted by molar-refractivity contribution is 0.473. The van der Waals surface area contributed by atoms with Crippen molar-refractivity contribution in [3.8, 4) is 11.1 Å². The summed E-state index contributed by atoms with van der Waals surface area (Å²) in [7, 11) is 4.12. The van der Waals surface area contributed by atoms with Crippen LogP contribution >= 0.6 is 0 Å². The van der Waals surface area contributed by atoms with Crippen LogP contribution in [0.15, 0.2) is 67.1 Å². The quantitative estimate of drug-likeness (QED) is 0.674. The lowest BCUT2D eigenvalue weighted by atomic mass is 10.0. The maximum absolute atomic E-state index is 4.36. The van der Waals surface area contributed by atoms with E-state index in [-0.39, 0.29) is 6.04 Å². The van der Waals surface area contributed by atoms with E-state index in [1.165, 1.54) is 22.4 Å². The zero-order chi connectivity index (χ0) is 19.2. The Kier molecular flexibility index (Phi) is 6.20. The molecule has 4 heteroatoms. The van der Waals surface area contributed by atoms with Crippen LogP contribution in [0.4, 0.5) is 5.69 Å². The molecule has 2 atom stereocenters. The Morgan fingerprint density at radius 2 is 1.52 bits per heavy atom. The fourth-order valence-corrected chi connectivity index (χ4v) is 3.25. The molecule has 0 spiro atoms. The van der Waals surface area contributed by atoms with Crippen LogP contribution in [0.25, 0.3) is 11.1 Å². The molecule has 0 aliphatic heterocycles. The average molecular weight is 361 g/mol. The normalized spacial score (nSPS) is 13.2. The van der Waals surface area contributed by atoms with Gasteiger partial charge in [0.1, 0.15) is 0 Å². The molecule has 4 nitrogen and oxygen atoms in total. The molecule has 0 saturated carbocycles. The second-order valence-corrected chi connectivity index (χ2v) is 7.25. The van der Waals surface area contributed by atoms with E-state index >= 15 is 0 Å². The molecule has 3 aromatic rings. The Balaban J connectivity index is 1.62. The Bertz CT molecular complexity index is 827. The lowest BCUT2D eigenvalue weighted by Gasteiger charge is -2.20. The third kappa shape index (κ3) is 5.14. The van der Waals surface area contributed by atoms with Gasteiger partial charge < -0.3 is 10.2 Å². The molecular formula is C23H28N4. The number of hydrogen-bond acceptors (Lipinski definition) is 4. The summed E-state index contributed by atoms with van der Waals surface area (Å²) in [5, 5.41) is 3.65. The Morgan fingerprint density at radius 1 is 0.889 bits per heavy atom. The summed E-state index contributed by atoms with van der Waals surface area (Å²) in [6.07, 6.45) is 6.16. The van der Waals surface area contributed by atoms with Crippen molar-refractivity contribution < 1.29 is 0 Å². The van der Waals surface area contributed by atoms with Gasteiger partial charge in [-0.05, 0) is 42.7 Å². The molecule has 1 aromatic heterocycles. The molecule has 0 fully saturated rings. The topological polar surface area (TPSA) is 41.1 Å². The highest BCUT2D eigenvalue weighted by molar-refractivity contribution is 5.66. The van der Waals surface area contributed by atoms with Gasteiger partial charge in [0, 0.05) is 56.9 Å². The summed E-state index contributed by atoms with van der Waals surface area (Å²) >= 11 is 0. The number of benzene rings is 2. The fraction of sp³-hybridized carbons (Fsp3) is 0.304. The Morgan fingerprint density at radius 3 is 2.07 bits per heavy atom. The molecule has 0 bridgehead atoms. The van der Waals surface area contributed by atoms with E-state index in [4.69, 9.17) is 0 Å². The first kappa shape index (κ1) is 19.1. The number of hydrogen-bond donors (Lipinski definition) is 1. The van der Waals surface area contributed by atoms with Gasteiger partial charge in [-0.3, -0.25) is 9.97 Å². The third-order valence-corrected chi connectivity index (χ3v) is 4.79. The highest BCUT2D eigenvalue weighted by Gasteiger charge is 2.11. The molecule has 0 radical (unpaired) electrons. The number of anilines is 1. The van der Waals surface area contributed by atoms with Gasteiger partial charge in [-0.2, -0.15) is 0 Å². The summed E-state index contributed by atoms with van der Waals surface area (Å²) in [5.41, 5.74) is 5.99. The summed E-state index contributed by atoms with van der Waals surface area (Å²) in [6, 6.07) is 18.1. The highest BCUT2D eigenvalue weighted by atomic mass is 15.1. The van der Waals surface area contributed by atoms with Gasteiger partial charge in [-0.25, -0.2) is 0 Å². The van der Waals surface area contributed by atoms with E-state index in [1.807, 2.05) is 6.20 Å². The first-order valence-electron chi connectivity index (χ1n) is 9.41. The molecule has 2 aromatic carbocycles. The van der Waals surface area contributed by atoms with Gasteiger partial charge in [0.25, 0.3) is 0 Å². The second kappa shape index (κ2) is 8.78. The van der Waals surface area contributed by atoms with Crippen molar-refractivity contribution in [1.82, 2.24) is 15.3 Å². The van der Waals surface area contributed by atoms with Gasteiger partial charge in [0.2, 0.25) is 0 Å². The van der Waals surface area contributed by atoms with Crippen molar-refractivity contribution in [1.29, 1.82) is 0 Å². The maximum atomic E-state index is 4.36. The van der Waals surface area contributed by atoms with Gasteiger partial charge in [0.15, 0.2) is 0 Å². The van der Waals surface area contributed by atoms with Gasteiger partial charge in [-0.15, -0.1) is 0 Å². The highest BCUT2D eigenvalue weighted by Crippen LogP contribution is 2.24. The van der Waals surface area contributed by atoms with Crippen LogP contribution in [0, 0.1) is 0 Å². The summed E-state index contributed by atoms with van der Waals surface area (Å²) < 4.78 is 0. The van der Waals surface area contributed by atoms with E-state index in [0.717, 1.165) is 12.1 Å². The summed E-state index contributed by atoms with van der Waals surface area (Å²) in [6.45, 7) is 4.39. The second-order valence-electron chi connectivity index (χ2n) is 7.25. The van der Waals surface area contributed by atoms with E-state index in [1.54, 1.807) is 12.4 Å². The number of nitrogens with one attached hydrogen (secondary N) is 1. The van der Waals surface area contributed by atoms with Crippen molar-refractivity contribution in [2.24, 2.45) is 0 Å². The van der Waals surface area contributed by atoms with E-state index < -0.39 is 0 Å². The number of rotatable bonds is 7. The maximum Gasteiger partial charge on any atom is 0.0602 e. The zero-order valence-electron chi connectivity index (χ0n) is 16.6. The minimum atomic E-state index is 0.279. The number of aromatic nitrogens is 2. The molecule has 0 saturated heterocycles. The predicted octanol–water partition coefficient (Wildman–Crippen LogP) is 4.49. The van der Waals surface area contributed by atoms with Crippen molar-refractivity contribution >= 4 is 5.69 Å². The summed E-state index contributed by atoms with van der Waals surface area (Å²) in [4.78, 5) is 10.6. The summed E-state index contributed by atoms with van der Waals surface area (Å²) in [5.74, 6) is 0. The van der Waals surface area contributed by atoms with Crippen LogP contribution in [0.1, 0.15) is 31.1 Å². The van der Waals surface area contributed by atoms with Crippen LogP contribution in [-0.2, 0) is 6.42 Å². The number of nitrogens with zero attached hydrogens (tertiary/aromatic N) is 3. The van der Waals surface area contributed by atoms with Crippen molar-refractivity contribution in [3.05, 3.63) is 78.4 Å². The molecule has 27 heavy (non-hydrogen) atoms. The largest absolute Gasteiger partial charge is 0.378 e. The lowest BCUT2D eigenvalue weighted by Crippen LogP contribution is -2.31. The van der Waals surface area contributed by atoms with E-state index in [2.05, 4.69) is 96.7 Å². The standard InChI is InChI=1S/C23H28N4/c1-17(15-22-16-24-13-14-25-22)26-18(2)19-5-7-20(8-6-19)21-9-11-23(12-10-21)27(3)4/h5-14,16-18,26H,15H2,1-4H3. The molecule has 0 aliphatic rings. The van der Waals surface area contributed by atoms with Crippen LogP contribution in [0.5, 0.6) is 0 Å². The van der Waals surface area contributed by atoms with Crippen LogP contribution in [0.3, 0.4) is 0 Å². The zero-order valence-corrected chi connectivity index (χ0v) is 16.6. The monoisotopic (exact) mass is 360 g/mol. The molecular weight excluding hydrogens is 332 g/mol. The molecule has 3 rings (SSSR count). The van der Waals surface area contributed by atoms with Crippen LogP contribution in [-0.4, -0.2) is 30.1 Å². The smallest absolute Gasteiger partial charge is 0.0602 e. The minimum absolute atomic E-state index is 0.279. The van der Waals surface area contributed by atoms with E-state index in [9.17, 15) is 0 Å². The van der Waals surface area contributed by atoms with Crippen molar-refractivity contribution in [2.45, 2.75) is 32.4 Å². The third-order valence-electron chi connectivity index (χ3n) is 4.79. The van der Waals surface area contributed by atoms with Crippen molar-refractivity contribution in [3.63, 3.8) is 0 Å². The molecule has 0 amide bonds. The molecule has 140 valence electrons. The predicted molar refractivity (Wildman–Crippen MR) is 113 cm³/mol. The van der Waals surface area contributed by atoms with Crippen molar-refractivity contribution in [2.75, 3.05) is 19.0 Å². The molecule has 0 aliphatic carbocycles. The molecule has 1 heterocycles. The SMILES string of the molecule is CC(Cc1cnccn1)NC(C)c1ccc(-c2ccc(N(C)C)cc2)cc1. The first-order valence-corrected chi connectivity index (χ1v) is 9.41. The minimum Gasteiger partial charge on any atom is -0.378 e. The first-order chi connectivity index (χ1) is 13.0. The van der Waals surface area contributed by atoms with Gasteiger partial charge in [0.05, 0.1) is 5.69 Å².